The molecule has 2 aromatic heterocycles. The lowest BCUT2D eigenvalue weighted by Crippen LogP contribution is -2.22. The first-order valence-corrected chi connectivity index (χ1v) is 11.4. The largest absolute Gasteiger partial charge is 0.494 e. The Morgan fingerprint density at radius 1 is 1.26 bits per heavy atom. The van der Waals surface area contributed by atoms with Crippen LogP contribution in [0, 0.1) is 5.92 Å². The van der Waals surface area contributed by atoms with E-state index >= 15 is 0 Å². The second-order valence-electron chi connectivity index (χ2n) is 8.82. The third-order valence-corrected chi connectivity index (χ3v) is 5.90. The molecule has 0 spiro atoms. The van der Waals surface area contributed by atoms with E-state index in [1.165, 1.54) is 29.5 Å². The predicted octanol–water partition coefficient (Wildman–Crippen LogP) is 5.50. The maximum Gasteiger partial charge on any atom is 0.227 e. The van der Waals surface area contributed by atoms with Crippen LogP contribution in [0.5, 0.6) is 5.75 Å². The fourth-order valence-corrected chi connectivity index (χ4v) is 3.77. The molecule has 3 aromatic rings. The van der Waals surface area contributed by atoms with Gasteiger partial charge in [0.25, 0.3) is 0 Å². The summed E-state index contributed by atoms with van der Waals surface area (Å²) in [5.74, 6) is 1.62. The van der Waals surface area contributed by atoms with E-state index in [-0.39, 0.29) is 11.8 Å². The minimum Gasteiger partial charge on any atom is -0.494 e. The van der Waals surface area contributed by atoms with Crippen molar-refractivity contribution in [2.75, 3.05) is 11.9 Å². The number of anilines is 1. The van der Waals surface area contributed by atoms with E-state index in [1.807, 2.05) is 49.0 Å². The van der Waals surface area contributed by atoms with Gasteiger partial charge in [-0.05, 0) is 55.9 Å². The van der Waals surface area contributed by atoms with Crippen molar-refractivity contribution in [3.8, 4) is 5.75 Å². The van der Waals surface area contributed by atoms with Gasteiger partial charge in [-0.15, -0.1) is 0 Å². The molecule has 6 nitrogen and oxygen atoms in total. The van der Waals surface area contributed by atoms with E-state index in [2.05, 4.69) is 25.2 Å². The summed E-state index contributed by atoms with van der Waals surface area (Å²) in [5, 5.41) is 9.09. The molecule has 0 saturated heterocycles. The quantitative estimate of drug-likeness (QED) is 0.496. The Morgan fingerprint density at radius 3 is 2.77 bits per heavy atom. The van der Waals surface area contributed by atoms with Crippen molar-refractivity contribution in [3.63, 3.8) is 0 Å². The van der Waals surface area contributed by atoms with Gasteiger partial charge < -0.3 is 10.1 Å². The Morgan fingerprint density at radius 2 is 2.06 bits per heavy atom. The minimum absolute atomic E-state index is 0.00239. The van der Waals surface area contributed by atoms with Crippen LogP contribution in [0.25, 0.3) is 11.0 Å². The molecule has 1 unspecified atom stereocenters. The number of aromatic nitrogens is 3. The normalized spacial score (nSPS) is 14.7. The first kappa shape index (κ1) is 21.3. The molecule has 0 radical (unpaired) electrons. The summed E-state index contributed by atoms with van der Waals surface area (Å²) >= 11 is 0. The van der Waals surface area contributed by atoms with Crippen molar-refractivity contribution in [1.29, 1.82) is 0 Å². The lowest BCUT2D eigenvalue weighted by atomic mass is 10.0. The zero-order valence-corrected chi connectivity index (χ0v) is 18.9. The van der Waals surface area contributed by atoms with Gasteiger partial charge in [0.15, 0.2) is 5.65 Å². The highest BCUT2D eigenvalue weighted by Crippen LogP contribution is 2.42. The van der Waals surface area contributed by atoms with Gasteiger partial charge in [0, 0.05) is 41.7 Å². The van der Waals surface area contributed by atoms with Gasteiger partial charge in [-0.1, -0.05) is 26.8 Å². The second-order valence-corrected chi connectivity index (χ2v) is 8.82. The molecule has 1 N–H and O–H groups in total. The molecular formula is C25H32N4O2. The van der Waals surface area contributed by atoms with Crippen LogP contribution < -0.4 is 10.1 Å². The highest BCUT2D eigenvalue weighted by atomic mass is 16.5. The molecular weight excluding hydrogens is 388 g/mol. The van der Waals surface area contributed by atoms with Crippen LogP contribution in [0.1, 0.15) is 70.1 Å². The van der Waals surface area contributed by atoms with E-state index in [0.29, 0.717) is 31.4 Å². The third-order valence-electron chi connectivity index (χ3n) is 5.90. The predicted molar refractivity (Wildman–Crippen MR) is 124 cm³/mol. The van der Waals surface area contributed by atoms with E-state index in [9.17, 15) is 4.79 Å². The van der Waals surface area contributed by atoms with Gasteiger partial charge in [-0.25, -0.2) is 9.67 Å². The van der Waals surface area contributed by atoms with Crippen LogP contribution in [0.4, 0.5) is 5.69 Å². The molecule has 0 bridgehead atoms. The van der Waals surface area contributed by atoms with Crippen molar-refractivity contribution in [3.05, 3.63) is 47.8 Å². The molecule has 2 heterocycles. The molecule has 1 aliphatic carbocycles. The Kier molecular flexibility index (Phi) is 6.25. The smallest absolute Gasteiger partial charge is 0.227 e. The van der Waals surface area contributed by atoms with Crippen molar-refractivity contribution < 1.29 is 9.53 Å². The molecule has 1 fully saturated rings. The topological polar surface area (TPSA) is 69.0 Å². The Labute approximate surface area is 184 Å². The molecule has 1 aromatic carbocycles. The van der Waals surface area contributed by atoms with Crippen LogP contribution in [0.2, 0.25) is 0 Å². The van der Waals surface area contributed by atoms with Crippen molar-refractivity contribution in [2.24, 2.45) is 5.92 Å². The summed E-state index contributed by atoms with van der Waals surface area (Å²) < 4.78 is 7.51. The fraction of sp³-hybridized carbons (Fsp3) is 0.480. The van der Waals surface area contributed by atoms with Crippen LogP contribution >= 0.6 is 0 Å². The summed E-state index contributed by atoms with van der Waals surface area (Å²) in [6, 6.07) is 9.77. The number of benzene rings is 1. The number of nitrogens with zero attached hydrogens (tertiary/aromatic N) is 3. The number of nitrogens with one attached hydrogen (secondary N) is 1. The number of hydrogen-bond acceptors (Lipinski definition) is 4. The minimum atomic E-state index is -0.144. The molecule has 1 atom stereocenters. The summed E-state index contributed by atoms with van der Waals surface area (Å²) in [5.41, 5.74) is 4.11. The number of amides is 1. The first-order chi connectivity index (χ1) is 15.0. The lowest BCUT2D eigenvalue weighted by molar-refractivity contribution is -0.119. The zero-order chi connectivity index (χ0) is 22.0. The van der Waals surface area contributed by atoms with E-state index < -0.39 is 0 Å². The molecule has 1 amide bonds. The van der Waals surface area contributed by atoms with E-state index in [1.54, 1.807) is 0 Å². The first-order valence-electron chi connectivity index (χ1n) is 11.4. The lowest BCUT2D eigenvalue weighted by Gasteiger charge is -2.13. The van der Waals surface area contributed by atoms with Crippen molar-refractivity contribution in [1.82, 2.24) is 14.8 Å². The monoisotopic (exact) mass is 420 g/mol. The number of pyridine rings is 1. The Balaban J connectivity index is 1.44. The molecule has 0 aliphatic heterocycles. The van der Waals surface area contributed by atoms with Gasteiger partial charge in [0.05, 0.1) is 12.3 Å². The number of rotatable bonds is 9. The number of carbonyl (C=O) groups is 1. The van der Waals surface area contributed by atoms with Gasteiger partial charge in [0.2, 0.25) is 5.91 Å². The highest BCUT2D eigenvalue weighted by molar-refractivity contribution is 5.92. The molecule has 164 valence electrons. The number of ether oxygens (including phenoxy) is 1. The van der Waals surface area contributed by atoms with Gasteiger partial charge >= 0.3 is 0 Å². The SMILES string of the molecule is CCOc1cccc(NC(=O)C(C)CCn2nc(C3CC3)c3cc(C(C)C)cnc32)c1. The van der Waals surface area contributed by atoms with Gasteiger partial charge in [0.1, 0.15) is 5.75 Å². The molecule has 4 rings (SSSR count). The van der Waals surface area contributed by atoms with E-state index in [4.69, 9.17) is 14.8 Å². The average Bonchev–Trinajstić information content (AvgIpc) is 3.53. The van der Waals surface area contributed by atoms with Crippen LogP contribution in [0.15, 0.2) is 36.5 Å². The number of fused-ring (bicyclic) bond motifs is 1. The Hall–Kier alpha value is -2.89. The summed E-state index contributed by atoms with van der Waals surface area (Å²) in [4.78, 5) is 17.4. The van der Waals surface area contributed by atoms with Crippen LogP contribution in [-0.2, 0) is 11.3 Å². The molecule has 6 heteroatoms. The number of aryl methyl sites for hydroxylation is 1. The zero-order valence-electron chi connectivity index (χ0n) is 18.9. The van der Waals surface area contributed by atoms with Gasteiger partial charge in [-0.3, -0.25) is 4.79 Å². The molecule has 1 saturated carbocycles. The summed E-state index contributed by atoms with van der Waals surface area (Å²) in [6.07, 6.45) is 5.07. The Bertz CT molecular complexity index is 1070. The number of carbonyl (C=O) groups excluding carboxylic acids is 1. The van der Waals surface area contributed by atoms with Crippen molar-refractivity contribution >= 4 is 22.6 Å². The van der Waals surface area contributed by atoms with Crippen molar-refractivity contribution in [2.45, 2.75) is 65.3 Å². The van der Waals surface area contributed by atoms with E-state index in [0.717, 1.165) is 17.1 Å². The summed E-state index contributed by atoms with van der Waals surface area (Å²) in [7, 11) is 0. The standard InChI is InChI=1S/C25H32N4O2/c1-5-31-21-8-6-7-20(14-21)27-25(30)17(4)11-12-29-24-22(23(28-29)18-9-10-18)13-19(15-26-24)16(2)3/h6-8,13-18H,5,9-12H2,1-4H3,(H,27,30). The fourth-order valence-electron chi connectivity index (χ4n) is 3.77. The van der Waals surface area contributed by atoms with Crippen LogP contribution in [0.3, 0.4) is 0 Å². The maximum absolute atomic E-state index is 12.7. The number of hydrogen-bond donors (Lipinski definition) is 1. The average molecular weight is 421 g/mol. The second kappa shape index (κ2) is 9.08. The maximum atomic E-state index is 12.7. The van der Waals surface area contributed by atoms with Gasteiger partial charge in [-0.2, -0.15) is 5.10 Å². The third kappa shape index (κ3) is 4.89. The summed E-state index contributed by atoms with van der Waals surface area (Å²) in [6.45, 7) is 9.55. The molecule has 1 aliphatic rings. The molecule has 31 heavy (non-hydrogen) atoms. The highest BCUT2D eigenvalue weighted by Gasteiger charge is 2.30. The van der Waals surface area contributed by atoms with Crippen LogP contribution in [-0.4, -0.2) is 27.3 Å².